The van der Waals surface area contributed by atoms with Gasteiger partial charge in [0.05, 0.1) is 14.2 Å². The Bertz CT molecular complexity index is 638. The number of carbonyl (C=O) groups excluding carboxylic acids is 1. The van der Waals surface area contributed by atoms with Crippen LogP contribution in [0.5, 0.6) is 0 Å². The van der Waals surface area contributed by atoms with Gasteiger partial charge in [0.25, 0.3) is 5.69 Å². The highest BCUT2D eigenvalue weighted by molar-refractivity contribution is 9.28. The van der Waals surface area contributed by atoms with Crippen LogP contribution in [-0.4, -0.2) is 10.9 Å². The topological polar surface area (TPSA) is 69.4 Å². The number of rotatable bonds is 5. The van der Waals surface area contributed by atoms with E-state index in [9.17, 15) is 14.9 Å². The van der Waals surface area contributed by atoms with Crippen LogP contribution < -0.4 is 0 Å². The molecule has 0 spiro atoms. The molecule has 118 valence electrons. The van der Waals surface area contributed by atoms with E-state index in [1.807, 2.05) is 19.9 Å². The highest BCUT2D eigenvalue weighted by Gasteiger charge is 2.61. The molecule has 0 aromatic heterocycles. The van der Waals surface area contributed by atoms with Gasteiger partial charge in [0.15, 0.2) is 0 Å². The molecule has 2 rings (SSSR count). The number of halogens is 2. The standard InChI is InChI=1S/C15H15Br2NO4/c1-15(2)11(7-12(16)17)13(15)14(19)22-8-9-4-3-5-10(6-9)18(20)21/h3-7,11,13H,8H2,1-2H3/t11-,13+/m1/s1. The number of esters is 1. The Balaban J connectivity index is 1.98. The summed E-state index contributed by atoms with van der Waals surface area (Å²) in [6, 6.07) is 6.10. The van der Waals surface area contributed by atoms with E-state index < -0.39 is 4.92 Å². The SMILES string of the molecule is CC1(C)[C@H](C=C(Br)Br)[C@H]1C(=O)OCc1cccc([N+](=O)[O-])c1. The molecule has 1 aromatic rings. The third-order valence-corrected chi connectivity index (χ3v) is 4.50. The molecule has 1 fully saturated rings. The van der Waals surface area contributed by atoms with Gasteiger partial charge in [0.1, 0.15) is 6.61 Å². The van der Waals surface area contributed by atoms with Crippen molar-refractivity contribution in [3.63, 3.8) is 0 Å². The zero-order chi connectivity index (χ0) is 16.5. The van der Waals surface area contributed by atoms with Crippen LogP contribution in [0.2, 0.25) is 0 Å². The molecule has 2 atom stereocenters. The van der Waals surface area contributed by atoms with Crippen LogP contribution in [0, 0.1) is 27.4 Å². The number of nitrogens with zero attached hydrogens (tertiary/aromatic N) is 1. The lowest BCUT2D eigenvalue weighted by Crippen LogP contribution is -2.10. The molecule has 5 nitrogen and oxygen atoms in total. The molecule has 0 unspecified atom stereocenters. The van der Waals surface area contributed by atoms with Crippen molar-refractivity contribution in [1.29, 1.82) is 0 Å². The predicted octanol–water partition coefficient (Wildman–Crippen LogP) is 4.54. The molecule has 22 heavy (non-hydrogen) atoms. The lowest BCUT2D eigenvalue weighted by atomic mass is 10.1. The number of nitro benzene ring substituents is 1. The fourth-order valence-electron chi connectivity index (χ4n) is 2.58. The van der Waals surface area contributed by atoms with Crippen LogP contribution in [0.1, 0.15) is 19.4 Å². The minimum atomic E-state index is -0.469. The van der Waals surface area contributed by atoms with Crippen LogP contribution in [0.3, 0.4) is 0 Å². The van der Waals surface area contributed by atoms with E-state index in [1.54, 1.807) is 12.1 Å². The largest absolute Gasteiger partial charge is 0.461 e. The van der Waals surface area contributed by atoms with Gasteiger partial charge in [-0.15, -0.1) is 0 Å². The monoisotopic (exact) mass is 431 g/mol. The Kier molecular flexibility index (Phi) is 5.07. The summed E-state index contributed by atoms with van der Waals surface area (Å²) >= 11 is 6.60. The molecule has 0 radical (unpaired) electrons. The second-order valence-corrected chi connectivity index (χ2v) is 8.59. The predicted molar refractivity (Wildman–Crippen MR) is 89.6 cm³/mol. The normalized spacial score (nSPS) is 21.8. The van der Waals surface area contributed by atoms with Crippen LogP contribution in [0.25, 0.3) is 0 Å². The fourth-order valence-corrected chi connectivity index (χ4v) is 3.15. The Hall–Kier alpha value is -1.21. The van der Waals surface area contributed by atoms with Crippen molar-refractivity contribution < 1.29 is 14.5 Å². The quantitative estimate of drug-likeness (QED) is 0.389. The third-order valence-electron chi connectivity index (χ3n) is 3.97. The first kappa shape index (κ1) is 17.1. The van der Waals surface area contributed by atoms with E-state index in [0.717, 1.165) is 3.39 Å². The summed E-state index contributed by atoms with van der Waals surface area (Å²) in [4.78, 5) is 22.4. The number of hydrogen-bond acceptors (Lipinski definition) is 4. The Morgan fingerprint density at radius 2 is 2.14 bits per heavy atom. The summed E-state index contributed by atoms with van der Waals surface area (Å²) in [5.74, 6) is -0.367. The molecule has 1 aromatic carbocycles. The summed E-state index contributed by atoms with van der Waals surface area (Å²) in [6.07, 6.45) is 1.94. The molecule has 1 aliphatic carbocycles. The molecular weight excluding hydrogens is 418 g/mol. The maximum absolute atomic E-state index is 12.2. The molecule has 1 saturated carbocycles. The molecule has 1 aliphatic rings. The molecule has 0 N–H and O–H groups in total. The molecule has 0 bridgehead atoms. The van der Waals surface area contributed by atoms with Gasteiger partial charge in [-0.05, 0) is 48.8 Å². The molecule has 0 saturated heterocycles. The highest BCUT2D eigenvalue weighted by Crippen LogP contribution is 2.60. The first-order valence-corrected chi connectivity index (χ1v) is 8.25. The van der Waals surface area contributed by atoms with E-state index in [0.29, 0.717) is 5.56 Å². The molecule has 0 heterocycles. The van der Waals surface area contributed by atoms with Gasteiger partial charge in [-0.25, -0.2) is 0 Å². The van der Waals surface area contributed by atoms with Crippen molar-refractivity contribution in [3.8, 4) is 0 Å². The summed E-state index contributed by atoms with van der Waals surface area (Å²) in [5, 5.41) is 10.7. The average Bonchev–Trinajstić information content (AvgIpc) is 2.96. The zero-order valence-corrected chi connectivity index (χ0v) is 15.3. The summed E-state index contributed by atoms with van der Waals surface area (Å²) in [7, 11) is 0. The summed E-state index contributed by atoms with van der Waals surface area (Å²) in [6.45, 7) is 4.06. The minimum Gasteiger partial charge on any atom is -0.461 e. The van der Waals surface area contributed by atoms with E-state index in [1.165, 1.54) is 12.1 Å². The third kappa shape index (κ3) is 3.76. The lowest BCUT2D eigenvalue weighted by Gasteiger charge is -2.05. The van der Waals surface area contributed by atoms with Crippen LogP contribution in [0.4, 0.5) is 5.69 Å². The molecular formula is C15H15Br2NO4. The van der Waals surface area contributed by atoms with Crippen molar-refractivity contribution in [2.45, 2.75) is 20.5 Å². The van der Waals surface area contributed by atoms with Crippen molar-refractivity contribution in [3.05, 3.63) is 49.4 Å². The second-order valence-electron chi connectivity index (χ2n) is 5.82. The van der Waals surface area contributed by atoms with Crippen molar-refractivity contribution in [2.75, 3.05) is 0 Å². The average molecular weight is 433 g/mol. The van der Waals surface area contributed by atoms with E-state index in [-0.39, 0.29) is 35.5 Å². The fraction of sp³-hybridized carbons (Fsp3) is 0.400. The Morgan fingerprint density at radius 3 is 2.73 bits per heavy atom. The number of nitro groups is 1. The number of non-ortho nitro benzene ring substituents is 1. The summed E-state index contributed by atoms with van der Waals surface area (Å²) in [5.41, 5.74) is 0.450. The number of carbonyl (C=O) groups is 1. The van der Waals surface area contributed by atoms with Gasteiger partial charge < -0.3 is 4.74 Å². The van der Waals surface area contributed by atoms with Crippen LogP contribution in [-0.2, 0) is 16.1 Å². The second kappa shape index (κ2) is 6.50. The van der Waals surface area contributed by atoms with Gasteiger partial charge in [0.2, 0.25) is 0 Å². The maximum Gasteiger partial charge on any atom is 0.310 e. The maximum atomic E-state index is 12.2. The molecule has 0 aliphatic heterocycles. The number of ether oxygens (including phenoxy) is 1. The number of benzene rings is 1. The smallest absolute Gasteiger partial charge is 0.310 e. The van der Waals surface area contributed by atoms with Crippen molar-refractivity contribution >= 4 is 43.5 Å². The van der Waals surface area contributed by atoms with Crippen LogP contribution >= 0.6 is 31.9 Å². The first-order valence-electron chi connectivity index (χ1n) is 6.66. The number of allylic oxidation sites excluding steroid dienone is 1. The summed E-state index contributed by atoms with van der Waals surface area (Å²) < 4.78 is 6.12. The molecule has 7 heteroatoms. The van der Waals surface area contributed by atoms with Gasteiger partial charge in [-0.2, -0.15) is 0 Å². The first-order chi connectivity index (χ1) is 10.2. The zero-order valence-electron chi connectivity index (χ0n) is 12.1. The van der Waals surface area contributed by atoms with Crippen molar-refractivity contribution in [1.82, 2.24) is 0 Å². The van der Waals surface area contributed by atoms with Gasteiger partial charge in [-0.1, -0.05) is 32.1 Å². The Labute approximate surface area is 145 Å². The van der Waals surface area contributed by atoms with E-state index in [4.69, 9.17) is 4.74 Å². The van der Waals surface area contributed by atoms with Crippen molar-refractivity contribution in [2.24, 2.45) is 17.3 Å². The highest BCUT2D eigenvalue weighted by atomic mass is 79.9. The number of hydrogen-bond donors (Lipinski definition) is 0. The van der Waals surface area contributed by atoms with E-state index in [2.05, 4.69) is 31.9 Å². The minimum absolute atomic E-state index is 0.00988. The van der Waals surface area contributed by atoms with Crippen LogP contribution in [0.15, 0.2) is 33.7 Å². The lowest BCUT2D eigenvalue weighted by molar-refractivity contribution is -0.384. The van der Waals surface area contributed by atoms with Gasteiger partial charge >= 0.3 is 5.97 Å². The van der Waals surface area contributed by atoms with Gasteiger partial charge in [0, 0.05) is 12.1 Å². The Morgan fingerprint density at radius 1 is 1.45 bits per heavy atom. The van der Waals surface area contributed by atoms with E-state index >= 15 is 0 Å². The molecule has 0 amide bonds. The van der Waals surface area contributed by atoms with Gasteiger partial charge in [-0.3, -0.25) is 14.9 Å².